The predicted molar refractivity (Wildman–Crippen MR) is 126 cm³/mol. The second-order valence-electron chi connectivity index (χ2n) is 8.31. The average Bonchev–Trinajstić information content (AvgIpc) is 3.53. The van der Waals surface area contributed by atoms with Gasteiger partial charge in [0.1, 0.15) is 5.82 Å². The van der Waals surface area contributed by atoms with E-state index in [1.807, 2.05) is 26.0 Å². The van der Waals surface area contributed by atoms with Crippen LogP contribution in [0, 0.1) is 6.92 Å². The highest BCUT2D eigenvalue weighted by atomic mass is 35.5. The molecule has 160 valence electrons. The molecule has 5 rings (SSSR count). The lowest BCUT2D eigenvalue weighted by Gasteiger charge is -2.24. The lowest BCUT2D eigenvalue weighted by Crippen LogP contribution is -2.26. The molecule has 2 aliphatic rings. The Morgan fingerprint density at radius 1 is 1.10 bits per heavy atom. The first-order chi connectivity index (χ1) is 15.0. The third-order valence-corrected chi connectivity index (χ3v) is 6.65. The van der Waals surface area contributed by atoms with Crippen molar-refractivity contribution in [2.75, 3.05) is 11.9 Å². The number of halogens is 2. The van der Waals surface area contributed by atoms with Crippen LogP contribution in [0.25, 0.3) is 11.3 Å². The third-order valence-electron chi connectivity index (χ3n) is 6.10. The Labute approximate surface area is 193 Å². The van der Waals surface area contributed by atoms with Gasteiger partial charge >= 0.3 is 0 Å². The lowest BCUT2D eigenvalue weighted by atomic mass is 10.1. The summed E-state index contributed by atoms with van der Waals surface area (Å²) in [6.45, 7) is 4.72. The smallest absolute Gasteiger partial charge is 0.148 e. The molecule has 1 saturated carbocycles. The van der Waals surface area contributed by atoms with E-state index < -0.39 is 0 Å². The Kier molecular flexibility index (Phi) is 5.63. The number of aryl methyl sites for hydroxylation is 1. The van der Waals surface area contributed by atoms with Crippen LogP contribution in [0.4, 0.5) is 5.82 Å². The van der Waals surface area contributed by atoms with E-state index in [2.05, 4.69) is 29.6 Å². The molecule has 31 heavy (non-hydrogen) atoms. The molecule has 2 atom stereocenters. The summed E-state index contributed by atoms with van der Waals surface area (Å²) in [6, 6.07) is 14.1. The fourth-order valence-electron chi connectivity index (χ4n) is 4.44. The minimum atomic E-state index is 0.0566. The SMILES string of the molecule is CCO[C@H]1Cc2ccccc2[C@H]1Nc1nc(C2CC2)c(-c2ccc(Cl)cc2Cl)nc1C. The van der Waals surface area contributed by atoms with Crippen molar-refractivity contribution in [1.29, 1.82) is 0 Å². The first-order valence-electron chi connectivity index (χ1n) is 10.8. The van der Waals surface area contributed by atoms with Gasteiger partial charge in [0.25, 0.3) is 0 Å². The van der Waals surface area contributed by atoms with Gasteiger partial charge in [-0.3, -0.25) is 0 Å². The van der Waals surface area contributed by atoms with E-state index in [0.29, 0.717) is 22.6 Å². The Morgan fingerprint density at radius 2 is 1.90 bits per heavy atom. The number of nitrogens with one attached hydrogen (secondary N) is 1. The number of hydrogen-bond acceptors (Lipinski definition) is 4. The standard InChI is InChI=1S/C25H25Cl2N3O/c1-3-31-21-12-16-6-4-5-7-18(16)23(21)30-25-14(2)28-24(22(29-25)15-8-9-15)19-11-10-17(26)13-20(19)27/h4-7,10-11,13,15,21,23H,3,8-9,12H2,1-2H3,(H,29,30)/t21-,23+/m0/s1. The van der Waals surface area contributed by atoms with Gasteiger partial charge in [-0.25, -0.2) is 9.97 Å². The van der Waals surface area contributed by atoms with Crippen molar-refractivity contribution in [2.24, 2.45) is 0 Å². The van der Waals surface area contributed by atoms with Crippen LogP contribution in [-0.4, -0.2) is 22.7 Å². The summed E-state index contributed by atoms with van der Waals surface area (Å²) >= 11 is 12.6. The Hall–Kier alpha value is -2.14. The van der Waals surface area contributed by atoms with Gasteiger partial charge < -0.3 is 10.1 Å². The molecule has 1 fully saturated rings. The molecule has 1 heterocycles. The zero-order chi connectivity index (χ0) is 21.5. The summed E-state index contributed by atoms with van der Waals surface area (Å²) in [5, 5.41) is 4.89. The summed E-state index contributed by atoms with van der Waals surface area (Å²) in [5.41, 5.74) is 6.21. The maximum Gasteiger partial charge on any atom is 0.148 e. The molecule has 0 spiro atoms. The maximum atomic E-state index is 6.52. The number of benzene rings is 2. The summed E-state index contributed by atoms with van der Waals surface area (Å²) in [4.78, 5) is 10.1. The van der Waals surface area contributed by atoms with Crippen molar-refractivity contribution in [3.05, 3.63) is 75.0 Å². The van der Waals surface area contributed by atoms with Crippen molar-refractivity contribution in [3.8, 4) is 11.3 Å². The monoisotopic (exact) mass is 453 g/mol. The van der Waals surface area contributed by atoms with Crippen LogP contribution in [-0.2, 0) is 11.2 Å². The predicted octanol–water partition coefficient (Wildman–Crippen LogP) is 6.75. The Bertz CT molecular complexity index is 1130. The lowest BCUT2D eigenvalue weighted by molar-refractivity contribution is 0.0573. The molecule has 0 bridgehead atoms. The van der Waals surface area contributed by atoms with Crippen molar-refractivity contribution in [2.45, 2.75) is 51.2 Å². The molecule has 0 unspecified atom stereocenters. The number of nitrogens with zero attached hydrogens (tertiary/aromatic N) is 2. The van der Waals surface area contributed by atoms with Crippen LogP contribution in [0.2, 0.25) is 10.0 Å². The van der Waals surface area contributed by atoms with Crippen molar-refractivity contribution < 1.29 is 4.74 Å². The highest BCUT2D eigenvalue weighted by Crippen LogP contribution is 2.45. The second kappa shape index (κ2) is 8.42. The average molecular weight is 454 g/mol. The summed E-state index contributed by atoms with van der Waals surface area (Å²) in [5.74, 6) is 1.25. The van der Waals surface area contributed by atoms with E-state index >= 15 is 0 Å². The van der Waals surface area contributed by atoms with Crippen molar-refractivity contribution >= 4 is 29.0 Å². The van der Waals surface area contributed by atoms with Crippen LogP contribution in [0.1, 0.15) is 54.2 Å². The largest absolute Gasteiger partial charge is 0.376 e. The van der Waals surface area contributed by atoms with Gasteiger partial charge in [-0.05, 0) is 56.0 Å². The fraction of sp³-hybridized carbons (Fsp3) is 0.360. The van der Waals surface area contributed by atoms with E-state index in [1.165, 1.54) is 11.1 Å². The van der Waals surface area contributed by atoms with E-state index in [1.54, 1.807) is 6.07 Å². The molecule has 0 radical (unpaired) electrons. The first kappa shape index (κ1) is 20.7. The molecule has 6 heteroatoms. The number of hydrogen-bond donors (Lipinski definition) is 1. The van der Waals surface area contributed by atoms with Crippen LogP contribution < -0.4 is 5.32 Å². The zero-order valence-corrected chi connectivity index (χ0v) is 19.2. The number of anilines is 1. The van der Waals surface area contributed by atoms with Gasteiger partial charge in [0.15, 0.2) is 0 Å². The Morgan fingerprint density at radius 3 is 2.65 bits per heavy atom. The molecule has 0 aliphatic heterocycles. The van der Waals surface area contributed by atoms with Crippen LogP contribution >= 0.6 is 23.2 Å². The van der Waals surface area contributed by atoms with Gasteiger partial charge in [-0.15, -0.1) is 0 Å². The summed E-state index contributed by atoms with van der Waals surface area (Å²) < 4.78 is 6.08. The highest BCUT2D eigenvalue weighted by Gasteiger charge is 2.35. The second-order valence-corrected chi connectivity index (χ2v) is 9.15. The molecule has 1 N–H and O–H groups in total. The molecule has 0 amide bonds. The molecule has 1 aromatic heterocycles. The van der Waals surface area contributed by atoms with Gasteiger partial charge in [0.2, 0.25) is 0 Å². The molecular weight excluding hydrogens is 429 g/mol. The summed E-state index contributed by atoms with van der Waals surface area (Å²) in [7, 11) is 0. The maximum absolute atomic E-state index is 6.52. The highest BCUT2D eigenvalue weighted by molar-refractivity contribution is 6.36. The molecule has 2 aromatic carbocycles. The number of ether oxygens (including phenoxy) is 1. The van der Waals surface area contributed by atoms with Crippen LogP contribution in [0.15, 0.2) is 42.5 Å². The first-order valence-corrected chi connectivity index (χ1v) is 11.6. The van der Waals surface area contributed by atoms with E-state index in [9.17, 15) is 0 Å². The van der Waals surface area contributed by atoms with Gasteiger partial charge in [-0.1, -0.05) is 47.5 Å². The van der Waals surface area contributed by atoms with E-state index in [4.69, 9.17) is 37.9 Å². The topological polar surface area (TPSA) is 47.0 Å². The quantitative estimate of drug-likeness (QED) is 0.448. The number of rotatable bonds is 6. The van der Waals surface area contributed by atoms with Crippen molar-refractivity contribution in [1.82, 2.24) is 9.97 Å². The zero-order valence-electron chi connectivity index (χ0n) is 17.7. The van der Waals surface area contributed by atoms with E-state index in [0.717, 1.165) is 47.7 Å². The van der Waals surface area contributed by atoms with E-state index in [-0.39, 0.29) is 12.1 Å². The normalized spacial score (nSPS) is 20.0. The van der Waals surface area contributed by atoms with Crippen LogP contribution in [0.5, 0.6) is 0 Å². The van der Waals surface area contributed by atoms with Crippen molar-refractivity contribution in [3.63, 3.8) is 0 Å². The molecule has 2 aliphatic carbocycles. The fourth-order valence-corrected chi connectivity index (χ4v) is 4.93. The molecule has 3 aromatic rings. The minimum Gasteiger partial charge on any atom is -0.376 e. The van der Waals surface area contributed by atoms with Crippen LogP contribution in [0.3, 0.4) is 0 Å². The Balaban J connectivity index is 1.54. The van der Waals surface area contributed by atoms with Gasteiger partial charge in [0.05, 0.1) is 34.3 Å². The van der Waals surface area contributed by atoms with Gasteiger partial charge in [0, 0.05) is 29.5 Å². The summed E-state index contributed by atoms with van der Waals surface area (Å²) in [6.07, 6.45) is 3.24. The minimum absolute atomic E-state index is 0.0566. The number of fused-ring (bicyclic) bond motifs is 1. The molecular formula is C25H25Cl2N3O. The third kappa shape index (κ3) is 4.05. The molecule has 4 nitrogen and oxygen atoms in total. The number of aromatic nitrogens is 2. The van der Waals surface area contributed by atoms with Gasteiger partial charge in [-0.2, -0.15) is 0 Å². The molecule has 0 saturated heterocycles.